The summed E-state index contributed by atoms with van der Waals surface area (Å²) in [5.74, 6) is 0. The molecule has 0 aliphatic carbocycles. The lowest BCUT2D eigenvalue weighted by molar-refractivity contribution is 0.209. The van der Waals surface area contributed by atoms with Crippen LogP contribution < -0.4 is 10.2 Å². The molecule has 1 unspecified atom stereocenters. The van der Waals surface area contributed by atoms with Gasteiger partial charge >= 0.3 is 0 Å². The van der Waals surface area contributed by atoms with Gasteiger partial charge in [-0.3, -0.25) is 0 Å². The van der Waals surface area contributed by atoms with E-state index in [4.69, 9.17) is 0 Å². The first-order chi connectivity index (χ1) is 10.2. The van der Waals surface area contributed by atoms with Gasteiger partial charge in [-0.1, -0.05) is 18.6 Å². The van der Waals surface area contributed by atoms with Crippen molar-refractivity contribution in [2.75, 3.05) is 38.1 Å². The van der Waals surface area contributed by atoms with E-state index in [2.05, 4.69) is 47.3 Å². The molecule has 21 heavy (non-hydrogen) atoms. The van der Waals surface area contributed by atoms with Gasteiger partial charge in [0.05, 0.1) is 0 Å². The smallest absolute Gasteiger partial charge is 0.0397 e. The predicted molar refractivity (Wildman–Crippen MR) is 90.0 cm³/mol. The number of nitrogens with one attached hydrogen (secondary N) is 1. The van der Waals surface area contributed by atoms with Crippen LogP contribution in [0.5, 0.6) is 0 Å². The zero-order valence-electron chi connectivity index (χ0n) is 13.6. The second kappa shape index (κ2) is 6.80. The van der Waals surface area contributed by atoms with Gasteiger partial charge in [-0.2, -0.15) is 0 Å². The van der Waals surface area contributed by atoms with Crippen LogP contribution in [0.3, 0.4) is 0 Å². The first-order valence-electron chi connectivity index (χ1n) is 8.51. The Morgan fingerprint density at radius 1 is 1.14 bits per heavy atom. The van der Waals surface area contributed by atoms with Gasteiger partial charge in [0, 0.05) is 38.4 Å². The normalized spacial score (nSPS) is 20.6. The highest BCUT2D eigenvalue weighted by Gasteiger charge is 2.16. The van der Waals surface area contributed by atoms with Gasteiger partial charge in [0.2, 0.25) is 0 Å². The first-order valence-corrected chi connectivity index (χ1v) is 8.51. The Labute approximate surface area is 129 Å². The number of anilines is 1. The van der Waals surface area contributed by atoms with Crippen LogP contribution >= 0.6 is 0 Å². The van der Waals surface area contributed by atoms with Gasteiger partial charge < -0.3 is 15.1 Å². The van der Waals surface area contributed by atoms with E-state index in [9.17, 15) is 0 Å². The van der Waals surface area contributed by atoms with Crippen LogP contribution in [-0.2, 0) is 13.0 Å². The van der Waals surface area contributed by atoms with Crippen molar-refractivity contribution < 1.29 is 0 Å². The molecular weight excluding hydrogens is 258 g/mol. The lowest BCUT2D eigenvalue weighted by Gasteiger charge is -2.29. The molecule has 1 N–H and O–H groups in total. The lowest BCUT2D eigenvalue weighted by Crippen LogP contribution is -2.41. The third-order valence-corrected chi connectivity index (χ3v) is 4.91. The van der Waals surface area contributed by atoms with Crippen LogP contribution in [-0.4, -0.2) is 44.2 Å². The Morgan fingerprint density at radius 3 is 2.76 bits per heavy atom. The van der Waals surface area contributed by atoms with Gasteiger partial charge in [0.15, 0.2) is 0 Å². The van der Waals surface area contributed by atoms with Crippen molar-refractivity contribution in [1.82, 2.24) is 10.2 Å². The zero-order chi connectivity index (χ0) is 14.7. The summed E-state index contributed by atoms with van der Waals surface area (Å²) in [5.41, 5.74) is 4.36. The summed E-state index contributed by atoms with van der Waals surface area (Å²) in [4.78, 5) is 4.96. The molecule has 2 aliphatic rings. The maximum absolute atomic E-state index is 3.69. The molecule has 0 saturated carbocycles. The van der Waals surface area contributed by atoms with Crippen LogP contribution in [0.2, 0.25) is 0 Å². The second-order valence-electron chi connectivity index (χ2n) is 6.78. The molecule has 0 aromatic heterocycles. The number of hydrogen-bond acceptors (Lipinski definition) is 3. The molecule has 3 nitrogen and oxygen atoms in total. The van der Waals surface area contributed by atoms with Crippen molar-refractivity contribution in [2.45, 2.75) is 45.2 Å². The number of likely N-dealkylation sites (N-methyl/N-ethyl adjacent to an activating group) is 1. The fourth-order valence-electron chi connectivity index (χ4n) is 3.62. The Balaban J connectivity index is 1.48. The van der Waals surface area contributed by atoms with Crippen molar-refractivity contribution >= 4 is 5.69 Å². The largest absolute Gasteiger partial charge is 0.374 e. The van der Waals surface area contributed by atoms with Crippen molar-refractivity contribution in [3.05, 3.63) is 29.3 Å². The summed E-state index contributed by atoms with van der Waals surface area (Å²) in [7, 11) is 2.18. The molecule has 1 aromatic carbocycles. The van der Waals surface area contributed by atoms with Crippen molar-refractivity contribution in [2.24, 2.45) is 0 Å². The van der Waals surface area contributed by atoms with Gasteiger partial charge in [-0.15, -0.1) is 0 Å². The summed E-state index contributed by atoms with van der Waals surface area (Å²) in [6, 6.07) is 7.52. The first kappa shape index (κ1) is 14.9. The van der Waals surface area contributed by atoms with Gasteiger partial charge in [0.25, 0.3) is 0 Å². The van der Waals surface area contributed by atoms with Crippen molar-refractivity contribution in [1.29, 1.82) is 0 Å². The van der Waals surface area contributed by atoms with Crippen molar-refractivity contribution in [3.8, 4) is 0 Å². The fourth-order valence-corrected chi connectivity index (χ4v) is 3.62. The molecule has 3 rings (SSSR count). The molecule has 3 heteroatoms. The number of hydrogen-bond donors (Lipinski definition) is 1. The highest BCUT2D eigenvalue weighted by Crippen LogP contribution is 2.27. The fraction of sp³-hybridized carbons (Fsp3) is 0.667. The zero-order valence-corrected chi connectivity index (χ0v) is 13.6. The summed E-state index contributed by atoms with van der Waals surface area (Å²) in [6.07, 6.45) is 5.38. The molecular formula is C18H29N3. The van der Waals surface area contributed by atoms with Crippen LogP contribution in [0.25, 0.3) is 0 Å². The van der Waals surface area contributed by atoms with E-state index in [1.165, 1.54) is 62.1 Å². The molecule has 2 heterocycles. The number of benzene rings is 1. The van der Waals surface area contributed by atoms with E-state index in [0.29, 0.717) is 6.04 Å². The molecule has 1 saturated heterocycles. The Kier molecular flexibility index (Phi) is 4.81. The summed E-state index contributed by atoms with van der Waals surface area (Å²) < 4.78 is 0. The van der Waals surface area contributed by atoms with Gasteiger partial charge in [0.1, 0.15) is 0 Å². The minimum absolute atomic E-state index is 0.569. The Bertz CT molecular complexity index is 466. The molecule has 1 atom stereocenters. The molecule has 2 aliphatic heterocycles. The quantitative estimate of drug-likeness (QED) is 0.898. The van der Waals surface area contributed by atoms with E-state index >= 15 is 0 Å². The Hall–Kier alpha value is -1.06. The van der Waals surface area contributed by atoms with Crippen LogP contribution in [0, 0.1) is 0 Å². The molecule has 116 valence electrons. The molecule has 0 amide bonds. The van der Waals surface area contributed by atoms with E-state index in [0.717, 1.165) is 13.1 Å². The molecule has 1 aromatic rings. The van der Waals surface area contributed by atoms with E-state index in [1.54, 1.807) is 0 Å². The highest BCUT2D eigenvalue weighted by molar-refractivity contribution is 5.58. The third kappa shape index (κ3) is 3.78. The van der Waals surface area contributed by atoms with E-state index in [-0.39, 0.29) is 0 Å². The minimum atomic E-state index is 0.569. The number of piperidine rings is 1. The predicted octanol–water partition coefficient (Wildman–Crippen LogP) is 2.64. The van der Waals surface area contributed by atoms with Crippen LogP contribution in [0.15, 0.2) is 18.2 Å². The van der Waals surface area contributed by atoms with Crippen LogP contribution in [0.1, 0.15) is 37.3 Å². The SMILES string of the molecule is CC(CN1CCCCC1)NCc1ccc2c(c1)CCN2C. The van der Waals surface area contributed by atoms with Gasteiger partial charge in [-0.05, 0) is 56.5 Å². The minimum Gasteiger partial charge on any atom is -0.374 e. The third-order valence-electron chi connectivity index (χ3n) is 4.91. The molecule has 0 bridgehead atoms. The maximum atomic E-state index is 3.69. The van der Waals surface area contributed by atoms with Crippen molar-refractivity contribution in [3.63, 3.8) is 0 Å². The molecule has 1 fully saturated rings. The van der Waals surface area contributed by atoms with E-state index < -0.39 is 0 Å². The van der Waals surface area contributed by atoms with Gasteiger partial charge in [-0.25, -0.2) is 0 Å². The average Bonchev–Trinajstić information content (AvgIpc) is 2.87. The topological polar surface area (TPSA) is 18.5 Å². The second-order valence-corrected chi connectivity index (χ2v) is 6.78. The molecule has 0 radical (unpaired) electrons. The number of likely N-dealkylation sites (tertiary alicyclic amines) is 1. The average molecular weight is 287 g/mol. The van der Waals surface area contributed by atoms with Crippen LogP contribution in [0.4, 0.5) is 5.69 Å². The van der Waals surface area contributed by atoms with E-state index in [1.807, 2.05) is 0 Å². The standard InChI is InChI=1S/C18H29N3/c1-15(14-21-9-4-3-5-10-21)19-13-16-6-7-18-17(12-16)8-11-20(18)2/h6-7,12,15,19H,3-5,8-11,13-14H2,1-2H3. The molecule has 0 spiro atoms. The number of nitrogens with zero attached hydrogens (tertiary/aromatic N) is 2. The number of rotatable bonds is 5. The Morgan fingerprint density at radius 2 is 1.95 bits per heavy atom. The summed E-state index contributed by atoms with van der Waals surface area (Å²) in [6.45, 7) is 8.24. The maximum Gasteiger partial charge on any atom is 0.0397 e. The summed E-state index contributed by atoms with van der Waals surface area (Å²) >= 11 is 0. The lowest BCUT2D eigenvalue weighted by atomic mass is 10.1. The monoisotopic (exact) mass is 287 g/mol. The highest BCUT2D eigenvalue weighted by atomic mass is 15.1. The number of fused-ring (bicyclic) bond motifs is 1. The summed E-state index contributed by atoms with van der Waals surface area (Å²) in [5, 5.41) is 3.69.